The summed E-state index contributed by atoms with van der Waals surface area (Å²) in [6.07, 6.45) is 0. The Morgan fingerprint density at radius 2 is 1.79 bits per heavy atom. The number of benzene rings is 2. The lowest BCUT2D eigenvalue weighted by molar-refractivity contribution is 0.313. The minimum atomic E-state index is -4.40. The van der Waals surface area contributed by atoms with Gasteiger partial charge in [0.15, 0.2) is 4.90 Å². The highest BCUT2D eigenvalue weighted by atomic mass is 35.5. The van der Waals surface area contributed by atoms with Gasteiger partial charge in [-0.25, -0.2) is 17.2 Å². The molecule has 1 saturated heterocycles. The molecule has 28 heavy (non-hydrogen) atoms. The predicted octanol–water partition coefficient (Wildman–Crippen LogP) is 3.18. The smallest absolute Gasteiger partial charge is 0.268 e. The number of piperazine rings is 1. The van der Waals surface area contributed by atoms with Crippen molar-refractivity contribution in [2.75, 3.05) is 50.0 Å². The summed E-state index contributed by atoms with van der Waals surface area (Å²) in [5.74, 6) is -2.60. The second-order valence-corrected chi connectivity index (χ2v) is 8.53. The van der Waals surface area contributed by atoms with Gasteiger partial charge in [0.2, 0.25) is 0 Å². The first kappa shape index (κ1) is 20.6. The minimum absolute atomic E-state index is 0.211. The Morgan fingerprint density at radius 1 is 1.11 bits per heavy atom. The van der Waals surface area contributed by atoms with Crippen LogP contribution in [0.4, 0.5) is 20.2 Å². The number of methoxy groups -OCH3 is 1. The maximum atomic E-state index is 14.3. The zero-order chi connectivity index (χ0) is 20.5. The van der Waals surface area contributed by atoms with E-state index in [1.54, 1.807) is 12.1 Å². The summed E-state index contributed by atoms with van der Waals surface area (Å²) in [4.78, 5) is 3.42. The highest BCUT2D eigenvalue weighted by molar-refractivity contribution is 7.92. The van der Waals surface area contributed by atoms with Gasteiger partial charge >= 0.3 is 0 Å². The average molecular weight is 432 g/mol. The molecule has 1 N–H and O–H groups in total. The zero-order valence-electron chi connectivity index (χ0n) is 15.4. The number of nitrogens with one attached hydrogen (secondary N) is 1. The number of ether oxygens (including phenoxy) is 1. The number of sulfonamides is 1. The lowest BCUT2D eigenvalue weighted by atomic mass is 10.2. The summed E-state index contributed by atoms with van der Waals surface area (Å²) in [7, 11) is -1.26. The van der Waals surface area contributed by atoms with Crippen LogP contribution >= 0.6 is 11.6 Å². The molecule has 0 amide bonds. The van der Waals surface area contributed by atoms with Gasteiger partial charge in [-0.2, -0.15) is 0 Å². The van der Waals surface area contributed by atoms with Crippen molar-refractivity contribution in [3.8, 4) is 5.75 Å². The summed E-state index contributed by atoms with van der Waals surface area (Å²) < 4.78 is 60.8. The maximum absolute atomic E-state index is 14.3. The van der Waals surface area contributed by atoms with Gasteiger partial charge in [-0.1, -0.05) is 11.6 Å². The molecule has 10 heteroatoms. The maximum Gasteiger partial charge on any atom is 0.268 e. The molecule has 1 aliphatic rings. The van der Waals surface area contributed by atoms with Crippen LogP contribution in [0.15, 0.2) is 35.2 Å². The molecule has 2 aromatic rings. The standard InChI is InChI=1S/C18H20ClF2N3O3S/c1-23-5-7-24(8-6-23)16-4-3-12(19)9-15(16)22-28(25,26)18-14(21)10-13(20)11-17(18)27-2/h3-4,9-11,22H,5-8H2,1-2H3. The van der Waals surface area contributed by atoms with E-state index in [-0.39, 0.29) is 5.69 Å². The van der Waals surface area contributed by atoms with E-state index in [4.69, 9.17) is 16.3 Å². The Labute approximate surface area is 167 Å². The second kappa shape index (κ2) is 8.10. The van der Waals surface area contributed by atoms with Crippen LogP contribution < -0.4 is 14.4 Å². The zero-order valence-corrected chi connectivity index (χ0v) is 16.9. The van der Waals surface area contributed by atoms with Crippen LogP contribution in [0.25, 0.3) is 0 Å². The molecule has 1 heterocycles. The van der Waals surface area contributed by atoms with Crippen LogP contribution in [0.3, 0.4) is 0 Å². The van der Waals surface area contributed by atoms with Gasteiger partial charge in [-0.05, 0) is 25.2 Å². The van der Waals surface area contributed by atoms with Crippen molar-refractivity contribution >= 4 is 33.0 Å². The average Bonchev–Trinajstić information content (AvgIpc) is 2.61. The molecule has 1 aliphatic heterocycles. The largest absolute Gasteiger partial charge is 0.495 e. The predicted molar refractivity (Wildman–Crippen MR) is 105 cm³/mol. The van der Waals surface area contributed by atoms with Crippen molar-refractivity contribution in [2.24, 2.45) is 0 Å². The first-order valence-corrected chi connectivity index (χ1v) is 10.4. The number of hydrogen-bond donors (Lipinski definition) is 1. The first-order valence-electron chi connectivity index (χ1n) is 8.50. The molecule has 3 rings (SSSR count). The molecule has 0 aliphatic carbocycles. The van der Waals surface area contributed by atoms with Gasteiger partial charge in [0.1, 0.15) is 17.4 Å². The first-order chi connectivity index (χ1) is 13.2. The van der Waals surface area contributed by atoms with Crippen molar-refractivity contribution in [1.82, 2.24) is 4.90 Å². The highest BCUT2D eigenvalue weighted by Crippen LogP contribution is 2.34. The molecule has 1 fully saturated rings. The fraction of sp³-hybridized carbons (Fsp3) is 0.333. The number of hydrogen-bond acceptors (Lipinski definition) is 5. The van der Waals surface area contributed by atoms with Crippen molar-refractivity contribution in [3.05, 3.63) is 47.0 Å². The van der Waals surface area contributed by atoms with Gasteiger partial charge in [-0.3, -0.25) is 4.72 Å². The Morgan fingerprint density at radius 3 is 2.43 bits per heavy atom. The molecular formula is C18H20ClF2N3O3S. The summed E-state index contributed by atoms with van der Waals surface area (Å²) in [6, 6.07) is 6.14. The normalized spacial score (nSPS) is 15.5. The van der Waals surface area contributed by atoms with Crippen LogP contribution in [0.1, 0.15) is 0 Å². The van der Waals surface area contributed by atoms with Crippen molar-refractivity contribution in [2.45, 2.75) is 4.90 Å². The van der Waals surface area contributed by atoms with E-state index in [0.717, 1.165) is 26.3 Å². The van der Waals surface area contributed by atoms with Gasteiger partial charge in [0.25, 0.3) is 10.0 Å². The van der Waals surface area contributed by atoms with E-state index in [1.165, 1.54) is 6.07 Å². The minimum Gasteiger partial charge on any atom is -0.495 e. The van der Waals surface area contributed by atoms with Gasteiger partial charge in [-0.15, -0.1) is 0 Å². The second-order valence-electron chi connectivity index (χ2n) is 6.48. The third-order valence-electron chi connectivity index (χ3n) is 4.51. The van der Waals surface area contributed by atoms with Crippen LogP contribution in [0, 0.1) is 11.6 Å². The molecule has 0 radical (unpaired) electrons. The Hall–Kier alpha value is -2.10. The Balaban J connectivity index is 2.01. The molecule has 0 saturated carbocycles. The molecule has 0 atom stereocenters. The fourth-order valence-electron chi connectivity index (χ4n) is 3.06. The molecule has 152 valence electrons. The monoisotopic (exact) mass is 431 g/mol. The lowest BCUT2D eigenvalue weighted by Gasteiger charge is -2.35. The third kappa shape index (κ3) is 4.31. The molecule has 0 aromatic heterocycles. The van der Waals surface area contributed by atoms with Crippen LogP contribution in [-0.2, 0) is 10.0 Å². The molecule has 0 bridgehead atoms. The Bertz CT molecular complexity index is 980. The van der Waals surface area contributed by atoms with E-state index < -0.39 is 32.3 Å². The molecule has 2 aromatic carbocycles. The van der Waals surface area contributed by atoms with Crippen LogP contribution in [0.5, 0.6) is 5.75 Å². The summed E-state index contributed by atoms with van der Waals surface area (Å²) in [6.45, 7) is 3.02. The summed E-state index contributed by atoms with van der Waals surface area (Å²) in [5.41, 5.74) is 0.838. The van der Waals surface area contributed by atoms with E-state index in [2.05, 4.69) is 9.62 Å². The Kier molecular flexibility index (Phi) is 5.97. The van der Waals surface area contributed by atoms with Crippen LogP contribution in [-0.4, -0.2) is 53.7 Å². The van der Waals surface area contributed by atoms with E-state index in [9.17, 15) is 17.2 Å². The summed E-state index contributed by atoms with van der Waals surface area (Å²) >= 11 is 6.05. The van der Waals surface area contributed by atoms with Crippen molar-refractivity contribution in [1.29, 1.82) is 0 Å². The lowest BCUT2D eigenvalue weighted by Crippen LogP contribution is -2.44. The SMILES string of the molecule is COc1cc(F)cc(F)c1S(=O)(=O)Nc1cc(Cl)ccc1N1CCN(C)CC1. The highest BCUT2D eigenvalue weighted by Gasteiger charge is 2.28. The van der Waals surface area contributed by atoms with E-state index in [0.29, 0.717) is 29.9 Å². The topological polar surface area (TPSA) is 61.9 Å². The molecule has 0 spiro atoms. The van der Waals surface area contributed by atoms with Crippen molar-refractivity contribution in [3.63, 3.8) is 0 Å². The molecular weight excluding hydrogens is 412 g/mol. The van der Waals surface area contributed by atoms with Gasteiger partial charge in [0.05, 0.1) is 18.5 Å². The van der Waals surface area contributed by atoms with Crippen molar-refractivity contribution < 1.29 is 21.9 Å². The number of rotatable bonds is 5. The van der Waals surface area contributed by atoms with Crippen LogP contribution in [0.2, 0.25) is 5.02 Å². The summed E-state index contributed by atoms with van der Waals surface area (Å²) in [5, 5.41) is 0.321. The molecule has 6 nitrogen and oxygen atoms in total. The number of halogens is 3. The van der Waals surface area contributed by atoms with E-state index >= 15 is 0 Å². The quantitative estimate of drug-likeness (QED) is 0.787. The number of nitrogens with zero attached hydrogens (tertiary/aromatic N) is 2. The van der Waals surface area contributed by atoms with E-state index in [1.807, 2.05) is 11.9 Å². The third-order valence-corrected chi connectivity index (χ3v) is 6.17. The number of anilines is 2. The fourth-order valence-corrected chi connectivity index (χ4v) is 4.51. The van der Waals surface area contributed by atoms with Gasteiger partial charge in [0, 0.05) is 43.3 Å². The number of likely N-dealkylation sites (N-methyl/N-ethyl adjacent to an activating group) is 1. The molecule has 0 unspecified atom stereocenters. The van der Waals surface area contributed by atoms with Gasteiger partial charge < -0.3 is 14.5 Å².